The van der Waals surface area contributed by atoms with E-state index in [4.69, 9.17) is 9.52 Å². The lowest BCUT2D eigenvalue weighted by molar-refractivity contribution is -0.112. The summed E-state index contributed by atoms with van der Waals surface area (Å²) >= 11 is 0. The maximum Gasteiger partial charge on any atom is 0.156 e. The minimum absolute atomic E-state index is 0.0797. The molecule has 68 valence electrons. The van der Waals surface area contributed by atoms with Crippen molar-refractivity contribution in [3.8, 4) is 0 Å². The first-order valence-corrected chi connectivity index (χ1v) is 3.81. The lowest BCUT2D eigenvalue weighted by Gasteiger charge is -1.87. The summed E-state index contributed by atoms with van der Waals surface area (Å²) < 4.78 is 4.98. The van der Waals surface area contributed by atoms with E-state index in [1.54, 1.807) is 18.2 Å². The van der Waals surface area contributed by atoms with Crippen LogP contribution >= 0.6 is 0 Å². The molecule has 1 rings (SSSR count). The molecular formula is C10H10O3. The van der Waals surface area contributed by atoms with Crippen LogP contribution in [0, 0.1) is 0 Å². The molecule has 1 heterocycles. The summed E-state index contributed by atoms with van der Waals surface area (Å²) in [6.07, 6.45) is 5.65. The number of hydrogen-bond acceptors (Lipinski definition) is 3. The Balaban J connectivity index is 2.64. The summed E-state index contributed by atoms with van der Waals surface area (Å²) in [6.45, 7) is 1.37. The normalized spacial score (nSPS) is 12.2. The molecule has 0 amide bonds. The smallest absolute Gasteiger partial charge is 0.156 e. The molecule has 0 aromatic carbocycles. The van der Waals surface area contributed by atoms with Gasteiger partial charge < -0.3 is 9.52 Å². The van der Waals surface area contributed by atoms with Crippen molar-refractivity contribution in [2.24, 2.45) is 0 Å². The van der Waals surface area contributed by atoms with E-state index in [9.17, 15) is 4.79 Å². The van der Waals surface area contributed by atoms with E-state index in [0.29, 0.717) is 5.76 Å². The van der Waals surface area contributed by atoms with Crippen molar-refractivity contribution in [1.82, 2.24) is 0 Å². The molecule has 3 nitrogen and oxygen atoms in total. The SMILES string of the molecule is CC(=O)/C=C(O)/C=C/c1ccco1. The van der Waals surface area contributed by atoms with Crippen LogP contribution < -0.4 is 0 Å². The van der Waals surface area contributed by atoms with E-state index in [0.717, 1.165) is 6.08 Å². The van der Waals surface area contributed by atoms with Crippen molar-refractivity contribution in [1.29, 1.82) is 0 Å². The van der Waals surface area contributed by atoms with Crippen LogP contribution in [0.15, 0.2) is 40.7 Å². The number of furan rings is 1. The summed E-state index contributed by atoms with van der Waals surface area (Å²) in [6, 6.07) is 3.49. The van der Waals surface area contributed by atoms with E-state index >= 15 is 0 Å². The van der Waals surface area contributed by atoms with Gasteiger partial charge in [-0.15, -0.1) is 0 Å². The lowest BCUT2D eigenvalue weighted by atomic mass is 10.3. The second-order valence-electron chi connectivity index (χ2n) is 2.53. The van der Waals surface area contributed by atoms with Crippen molar-refractivity contribution in [2.45, 2.75) is 6.92 Å². The third-order valence-electron chi connectivity index (χ3n) is 1.31. The van der Waals surface area contributed by atoms with Crippen molar-refractivity contribution in [2.75, 3.05) is 0 Å². The van der Waals surface area contributed by atoms with Crippen LogP contribution in [0.4, 0.5) is 0 Å². The van der Waals surface area contributed by atoms with E-state index in [1.165, 1.54) is 19.3 Å². The predicted molar refractivity (Wildman–Crippen MR) is 49.1 cm³/mol. The molecule has 0 radical (unpaired) electrons. The summed E-state index contributed by atoms with van der Waals surface area (Å²) in [7, 11) is 0. The van der Waals surface area contributed by atoms with E-state index in [1.807, 2.05) is 0 Å². The number of ketones is 1. The maximum atomic E-state index is 10.5. The van der Waals surface area contributed by atoms with Crippen molar-refractivity contribution < 1.29 is 14.3 Å². The lowest BCUT2D eigenvalue weighted by Crippen LogP contribution is -1.84. The summed E-state index contributed by atoms with van der Waals surface area (Å²) in [4.78, 5) is 10.5. The zero-order valence-corrected chi connectivity index (χ0v) is 7.23. The molecule has 0 saturated carbocycles. The number of hydrogen-bond donors (Lipinski definition) is 1. The number of carbonyl (C=O) groups is 1. The first kappa shape index (κ1) is 9.32. The van der Waals surface area contributed by atoms with E-state index in [2.05, 4.69) is 0 Å². The van der Waals surface area contributed by atoms with E-state index in [-0.39, 0.29) is 11.5 Å². The van der Waals surface area contributed by atoms with Crippen molar-refractivity contribution in [3.63, 3.8) is 0 Å². The van der Waals surface area contributed by atoms with Crippen LogP contribution in [0.2, 0.25) is 0 Å². The molecule has 0 spiro atoms. The fraction of sp³-hybridized carbons (Fsp3) is 0.100. The Hall–Kier alpha value is -1.77. The average Bonchev–Trinajstić information content (AvgIpc) is 2.51. The molecule has 0 aliphatic carbocycles. The third kappa shape index (κ3) is 3.42. The van der Waals surface area contributed by atoms with Gasteiger partial charge in [0.15, 0.2) is 5.78 Å². The standard InChI is InChI=1S/C10H10O3/c1-8(11)7-9(12)4-5-10-3-2-6-13-10/h2-7,12H,1H3/b5-4+,9-7-. The van der Waals surface area contributed by atoms with Crippen LogP contribution in [-0.2, 0) is 4.79 Å². The van der Waals surface area contributed by atoms with Crippen molar-refractivity contribution in [3.05, 3.63) is 42.1 Å². The molecule has 0 aliphatic heterocycles. The number of aliphatic hydroxyl groups is 1. The first-order valence-electron chi connectivity index (χ1n) is 3.81. The van der Waals surface area contributed by atoms with Gasteiger partial charge in [-0.05, 0) is 31.2 Å². The monoisotopic (exact) mass is 178 g/mol. The Bertz CT molecular complexity index is 331. The van der Waals surface area contributed by atoms with Gasteiger partial charge in [0, 0.05) is 6.08 Å². The van der Waals surface area contributed by atoms with Gasteiger partial charge in [0.2, 0.25) is 0 Å². The first-order chi connectivity index (χ1) is 6.18. The van der Waals surface area contributed by atoms with Crippen LogP contribution in [0.3, 0.4) is 0 Å². The number of rotatable bonds is 3. The molecule has 0 unspecified atom stereocenters. The molecule has 0 bridgehead atoms. The molecule has 1 N–H and O–H groups in total. The Morgan fingerprint density at radius 3 is 2.92 bits per heavy atom. The molecule has 0 saturated heterocycles. The topological polar surface area (TPSA) is 50.4 Å². The highest BCUT2D eigenvalue weighted by Gasteiger charge is 1.91. The third-order valence-corrected chi connectivity index (χ3v) is 1.31. The Morgan fingerprint density at radius 2 is 2.38 bits per heavy atom. The minimum Gasteiger partial charge on any atom is -0.508 e. The number of aliphatic hydroxyl groups excluding tert-OH is 1. The molecule has 0 aliphatic rings. The number of carbonyl (C=O) groups excluding carboxylic acids is 1. The van der Waals surface area contributed by atoms with Gasteiger partial charge in [-0.3, -0.25) is 4.79 Å². The Kier molecular flexibility index (Phi) is 3.09. The highest BCUT2D eigenvalue weighted by molar-refractivity contribution is 5.88. The Morgan fingerprint density at radius 1 is 1.62 bits per heavy atom. The highest BCUT2D eigenvalue weighted by Crippen LogP contribution is 2.04. The fourth-order valence-electron chi connectivity index (χ4n) is 0.810. The van der Waals surface area contributed by atoms with Crippen LogP contribution in [-0.4, -0.2) is 10.9 Å². The molecule has 1 aromatic heterocycles. The summed E-state index contributed by atoms with van der Waals surface area (Å²) in [5, 5.41) is 9.13. The van der Waals surface area contributed by atoms with Crippen LogP contribution in [0.5, 0.6) is 0 Å². The largest absolute Gasteiger partial charge is 0.508 e. The fourth-order valence-corrected chi connectivity index (χ4v) is 0.810. The zero-order valence-electron chi connectivity index (χ0n) is 7.23. The molecule has 3 heteroatoms. The Labute approximate surface area is 76.0 Å². The number of allylic oxidation sites excluding steroid dienone is 2. The molecule has 0 fully saturated rings. The van der Waals surface area contributed by atoms with Gasteiger partial charge in [-0.25, -0.2) is 0 Å². The van der Waals surface area contributed by atoms with Gasteiger partial charge in [0.05, 0.1) is 6.26 Å². The zero-order chi connectivity index (χ0) is 9.68. The summed E-state index contributed by atoms with van der Waals surface area (Å²) in [5.41, 5.74) is 0. The molecule has 0 atom stereocenters. The van der Waals surface area contributed by atoms with E-state index < -0.39 is 0 Å². The van der Waals surface area contributed by atoms with Gasteiger partial charge >= 0.3 is 0 Å². The van der Waals surface area contributed by atoms with Gasteiger partial charge in [0.25, 0.3) is 0 Å². The minimum atomic E-state index is -0.193. The van der Waals surface area contributed by atoms with Crippen molar-refractivity contribution >= 4 is 11.9 Å². The van der Waals surface area contributed by atoms with Crippen LogP contribution in [0.1, 0.15) is 12.7 Å². The maximum absolute atomic E-state index is 10.5. The molecule has 1 aromatic rings. The van der Waals surface area contributed by atoms with Gasteiger partial charge in [-0.2, -0.15) is 0 Å². The second-order valence-corrected chi connectivity index (χ2v) is 2.53. The van der Waals surface area contributed by atoms with Gasteiger partial charge in [-0.1, -0.05) is 0 Å². The molecular weight excluding hydrogens is 168 g/mol. The average molecular weight is 178 g/mol. The van der Waals surface area contributed by atoms with Crippen LogP contribution in [0.25, 0.3) is 6.08 Å². The summed E-state index contributed by atoms with van der Waals surface area (Å²) in [5.74, 6) is 0.356. The second kappa shape index (κ2) is 4.30. The predicted octanol–water partition coefficient (Wildman–Crippen LogP) is 2.32. The quantitative estimate of drug-likeness (QED) is 0.439. The highest BCUT2D eigenvalue weighted by atomic mass is 16.3. The van der Waals surface area contributed by atoms with Gasteiger partial charge in [0.1, 0.15) is 11.5 Å². The molecule has 13 heavy (non-hydrogen) atoms.